The second-order valence-electron chi connectivity index (χ2n) is 7.24. The predicted molar refractivity (Wildman–Crippen MR) is 92.5 cm³/mol. The standard InChI is InChI=1S/C18H26N4O3/c23-16-5-3-4-13(16)15-12-25-11-10-22(15)17(24)14-6-7-19-18(20-14)21-8-1-2-9-21/h6-7,13,15-16,23H,1-5,8-12H2/t13-,15+,16+/m0/s1. The van der Waals surface area contributed by atoms with Crippen molar-refractivity contribution in [1.82, 2.24) is 14.9 Å². The molecule has 136 valence electrons. The van der Waals surface area contributed by atoms with E-state index in [1.54, 1.807) is 12.3 Å². The van der Waals surface area contributed by atoms with Crippen molar-refractivity contribution in [3.63, 3.8) is 0 Å². The summed E-state index contributed by atoms with van der Waals surface area (Å²) in [5.74, 6) is 0.674. The average Bonchev–Trinajstić information content (AvgIpc) is 3.33. The molecule has 2 aliphatic heterocycles. The number of hydrogen-bond donors (Lipinski definition) is 1. The first-order chi connectivity index (χ1) is 12.2. The number of hydrogen-bond acceptors (Lipinski definition) is 6. The number of rotatable bonds is 3. The number of nitrogens with zero attached hydrogens (tertiary/aromatic N) is 4. The van der Waals surface area contributed by atoms with E-state index >= 15 is 0 Å². The molecule has 1 aromatic rings. The van der Waals surface area contributed by atoms with E-state index in [2.05, 4.69) is 14.9 Å². The van der Waals surface area contributed by atoms with Crippen molar-refractivity contribution >= 4 is 11.9 Å². The van der Waals surface area contributed by atoms with Crippen LogP contribution < -0.4 is 4.90 Å². The minimum atomic E-state index is -0.340. The minimum Gasteiger partial charge on any atom is -0.393 e. The smallest absolute Gasteiger partial charge is 0.273 e. The molecule has 0 bridgehead atoms. The molecule has 0 spiro atoms. The van der Waals surface area contributed by atoms with Gasteiger partial charge in [-0.3, -0.25) is 4.79 Å². The van der Waals surface area contributed by atoms with Crippen molar-refractivity contribution in [3.8, 4) is 0 Å². The molecule has 3 heterocycles. The third-order valence-corrected chi connectivity index (χ3v) is 5.70. The summed E-state index contributed by atoms with van der Waals surface area (Å²) in [7, 11) is 0. The Bertz CT molecular complexity index is 620. The molecule has 3 fully saturated rings. The Balaban J connectivity index is 1.54. The molecule has 25 heavy (non-hydrogen) atoms. The summed E-state index contributed by atoms with van der Waals surface area (Å²) in [6, 6.07) is 1.63. The number of ether oxygens (including phenoxy) is 1. The van der Waals surface area contributed by atoms with Crippen LogP contribution in [0.25, 0.3) is 0 Å². The maximum Gasteiger partial charge on any atom is 0.273 e. The SMILES string of the molecule is O=C(c1ccnc(N2CCCC2)n1)N1CCOC[C@@H]1[C@@H]1CCC[C@H]1O. The summed E-state index contributed by atoms with van der Waals surface area (Å²) in [5, 5.41) is 10.3. The zero-order valence-electron chi connectivity index (χ0n) is 14.5. The average molecular weight is 346 g/mol. The first-order valence-electron chi connectivity index (χ1n) is 9.39. The number of aliphatic hydroxyl groups excluding tert-OH is 1. The number of amides is 1. The highest BCUT2D eigenvalue weighted by Gasteiger charge is 2.40. The zero-order chi connectivity index (χ0) is 17.2. The van der Waals surface area contributed by atoms with Crippen LogP contribution in [0.3, 0.4) is 0 Å². The Morgan fingerprint density at radius 2 is 2.04 bits per heavy atom. The van der Waals surface area contributed by atoms with Crippen molar-refractivity contribution in [2.24, 2.45) is 5.92 Å². The quantitative estimate of drug-likeness (QED) is 0.882. The molecule has 3 atom stereocenters. The van der Waals surface area contributed by atoms with Crippen molar-refractivity contribution < 1.29 is 14.6 Å². The lowest BCUT2D eigenvalue weighted by Crippen LogP contribution is -2.53. The van der Waals surface area contributed by atoms with Crippen molar-refractivity contribution in [2.75, 3.05) is 37.7 Å². The van der Waals surface area contributed by atoms with Crippen LogP contribution in [0.4, 0.5) is 5.95 Å². The third-order valence-electron chi connectivity index (χ3n) is 5.70. The van der Waals surface area contributed by atoms with Gasteiger partial charge >= 0.3 is 0 Å². The van der Waals surface area contributed by atoms with Gasteiger partial charge in [0.15, 0.2) is 0 Å². The summed E-state index contributed by atoms with van der Waals surface area (Å²) >= 11 is 0. The molecule has 1 amide bonds. The molecule has 1 saturated carbocycles. The number of aliphatic hydroxyl groups is 1. The Morgan fingerprint density at radius 1 is 1.20 bits per heavy atom. The van der Waals surface area contributed by atoms with Crippen LogP contribution in [0.15, 0.2) is 12.3 Å². The lowest BCUT2D eigenvalue weighted by Gasteiger charge is -2.39. The summed E-state index contributed by atoms with van der Waals surface area (Å²) < 4.78 is 5.62. The first-order valence-corrected chi connectivity index (χ1v) is 9.39. The highest BCUT2D eigenvalue weighted by atomic mass is 16.5. The lowest BCUT2D eigenvalue weighted by molar-refractivity contribution is -0.0385. The van der Waals surface area contributed by atoms with E-state index in [4.69, 9.17) is 4.74 Å². The molecule has 0 radical (unpaired) electrons. The van der Waals surface area contributed by atoms with E-state index in [1.165, 1.54) is 0 Å². The normalized spacial score (nSPS) is 30.0. The number of carbonyl (C=O) groups excluding carboxylic acids is 1. The number of anilines is 1. The molecule has 2 saturated heterocycles. The van der Waals surface area contributed by atoms with E-state index in [1.807, 2.05) is 4.90 Å². The van der Waals surface area contributed by atoms with Crippen LogP contribution in [0, 0.1) is 5.92 Å². The van der Waals surface area contributed by atoms with Gasteiger partial charge in [0.2, 0.25) is 5.95 Å². The topological polar surface area (TPSA) is 78.8 Å². The highest BCUT2D eigenvalue weighted by molar-refractivity contribution is 5.92. The largest absolute Gasteiger partial charge is 0.393 e. The predicted octanol–water partition coefficient (Wildman–Crippen LogP) is 1.08. The highest BCUT2D eigenvalue weighted by Crippen LogP contribution is 2.32. The van der Waals surface area contributed by atoms with Gasteiger partial charge in [-0.05, 0) is 31.7 Å². The fraction of sp³-hybridized carbons (Fsp3) is 0.722. The van der Waals surface area contributed by atoms with Crippen molar-refractivity contribution in [2.45, 2.75) is 44.2 Å². The molecule has 1 aromatic heterocycles. The molecule has 4 rings (SSSR count). The Morgan fingerprint density at radius 3 is 2.80 bits per heavy atom. The maximum atomic E-state index is 13.1. The summed E-state index contributed by atoms with van der Waals surface area (Å²) in [6.45, 7) is 3.49. The van der Waals surface area contributed by atoms with Crippen LogP contribution in [0.1, 0.15) is 42.6 Å². The van der Waals surface area contributed by atoms with Crippen molar-refractivity contribution in [1.29, 1.82) is 0 Å². The van der Waals surface area contributed by atoms with Gasteiger partial charge in [0.1, 0.15) is 5.69 Å². The fourth-order valence-electron chi connectivity index (χ4n) is 4.33. The monoisotopic (exact) mass is 346 g/mol. The van der Waals surface area contributed by atoms with E-state index in [-0.39, 0.29) is 24.0 Å². The Kier molecular flexibility index (Phi) is 4.85. The van der Waals surface area contributed by atoms with E-state index in [9.17, 15) is 9.90 Å². The molecule has 0 unspecified atom stereocenters. The minimum absolute atomic E-state index is 0.0658. The Hall–Kier alpha value is -1.73. The van der Waals surface area contributed by atoms with Gasteiger partial charge in [-0.1, -0.05) is 6.42 Å². The van der Waals surface area contributed by atoms with Gasteiger partial charge in [0.25, 0.3) is 5.91 Å². The van der Waals surface area contributed by atoms with E-state index in [0.717, 1.165) is 45.2 Å². The Labute approximate surface area is 148 Å². The summed E-state index contributed by atoms with van der Waals surface area (Å²) in [4.78, 5) is 26.0. The second kappa shape index (κ2) is 7.25. The molecular formula is C18H26N4O3. The van der Waals surface area contributed by atoms with Crippen LogP contribution in [-0.2, 0) is 4.74 Å². The molecular weight excluding hydrogens is 320 g/mol. The van der Waals surface area contributed by atoms with Gasteiger partial charge < -0.3 is 19.6 Å². The van der Waals surface area contributed by atoms with Crippen molar-refractivity contribution in [3.05, 3.63) is 18.0 Å². The van der Waals surface area contributed by atoms with Gasteiger partial charge in [-0.2, -0.15) is 0 Å². The number of morpholine rings is 1. The van der Waals surface area contributed by atoms with Gasteiger partial charge in [-0.25, -0.2) is 9.97 Å². The zero-order valence-corrected chi connectivity index (χ0v) is 14.5. The fourth-order valence-corrected chi connectivity index (χ4v) is 4.33. The van der Waals surface area contributed by atoms with Crippen LogP contribution in [0.2, 0.25) is 0 Å². The van der Waals surface area contributed by atoms with E-state index in [0.29, 0.717) is 31.4 Å². The summed E-state index contributed by atoms with van der Waals surface area (Å²) in [6.07, 6.45) is 6.40. The number of carbonyl (C=O) groups is 1. The third kappa shape index (κ3) is 3.35. The van der Waals surface area contributed by atoms with Gasteiger partial charge in [0.05, 0.1) is 25.4 Å². The van der Waals surface area contributed by atoms with Crippen LogP contribution in [0.5, 0.6) is 0 Å². The second-order valence-corrected chi connectivity index (χ2v) is 7.24. The molecule has 0 aromatic carbocycles. The van der Waals surface area contributed by atoms with Gasteiger partial charge in [0, 0.05) is 31.7 Å². The van der Waals surface area contributed by atoms with E-state index < -0.39 is 0 Å². The maximum absolute atomic E-state index is 13.1. The molecule has 1 N–H and O–H groups in total. The first kappa shape index (κ1) is 16.7. The van der Waals surface area contributed by atoms with Crippen LogP contribution in [-0.4, -0.2) is 70.9 Å². The summed E-state index contributed by atoms with van der Waals surface area (Å²) in [5.41, 5.74) is 0.441. The number of aromatic nitrogens is 2. The molecule has 3 aliphatic rings. The lowest BCUT2D eigenvalue weighted by atomic mass is 9.94. The molecule has 7 heteroatoms. The van der Waals surface area contributed by atoms with Gasteiger partial charge in [-0.15, -0.1) is 0 Å². The molecule has 1 aliphatic carbocycles. The van der Waals surface area contributed by atoms with Crippen LogP contribution >= 0.6 is 0 Å². The molecule has 7 nitrogen and oxygen atoms in total.